The van der Waals surface area contributed by atoms with Crippen LogP contribution in [0.15, 0.2) is 217 Å². The minimum Gasteiger partial charge on any atom is -0.455 e. The normalized spacial score (nSPS) is 11.8. The first-order valence-electron chi connectivity index (χ1n) is 21.2. The van der Waals surface area contributed by atoms with Crippen LogP contribution in [0.5, 0.6) is 0 Å². The highest BCUT2D eigenvalue weighted by Crippen LogP contribution is 2.40. The molecule has 0 spiro atoms. The summed E-state index contributed by atoms with van der Waals surface area (Å²) in [5.41, 5.74) is 13.2. The fourth-order valence-electron chi connectivity index (χ4n) is 9.48. The molecule has 0 saturated carbocycles. The highest BCUT2D eigenvalue weighted by Gasteiger charge is 2.22. The van der Waals surface area contributed by atoms with Crippen LogP contribution in [0.3, 0.4) is 0 Å². The molecule has 294 valence electrons. The van der Waals surface area contributed by atoms with E-state index in [9.17, 15) is 0 Å². The first-order chi connectivity index (χ1) is 31.2. The Labute approximate surface area is 361 Å². The molecule has 4 heterocycles. The summed E-state index contributed by atoms with van der Waals surface area (Å²) in [5.74, 6) is 1.62. The average Bonchev–Trinajstić information content (AvgIpc) is 4.02. The molecular weight excluding hydrogens is 771 g/mol. The third-order valence-electron chi connectivity index (χ3n) is 12.4. The van der Waals surface area contributed by atoms with E-state index >= 15 is 0 Å². The van der Waals surface area contributed by atoms with Crippen LogP contribution in [-0.2, 0) is 0 Å². The molecule has 13 aromatic rings. The molecule has 6 heteroatoms. The molecule has 0 radical (unpaired) electrons. The zero-order valence-corrected chi connectivity index (χ0v) is 33.9. The monoisotopic (exact) mass is 805 g/mol. The van der Waals surface area contributed by atoms with Gasteiger partial charge in [0, 0.05) is 43.4 Å². The van der Waals surface area contributed by atoms with Gasteiger partial charge < -0.3 is 4.42 Å². The summed E-state index contributed by atoms with van der Waals surface area (Å²) in [5, 5.41) is 6.68. The maximum atomic E-state index is 6.52. The van der Waals surface area contributed by atoms with Crippen LogP contribution in [0.1, 0.15) is 0 Å². The van der Waals surface area contributed by atoms with Crippen molar-refractivity contribution < 1.29 is 4.42 Å². The van der Waals surface area contributed by atoms with Gasteiger partial charge in [0.05, 0.1) is 22.1 Å². The summed E-state index contributed by atoms with van der Waals surface area (Å²) in [6, 6.07) is 74.5. The van der Waals surface area contributed by atoms with Crippen molar-refractivity contribution in [3.8, 4) is 56.7 Å². The van der Waals surface area contributed by atoms with E-state index in [0.29, 0.717) is 17.7 Å². The van der Waals surface area contributed by atoms with E-state index in [-0.39, 0.29) is 0 Å². The molecule has 4 aromatic heterocycles. The molecule has 0 fully saturated rings. The number of para-hydroxylation sites is 4. The highest BCUT2D eigenvalue weighted by atomic mass is 16.3. The van der Waals surface area contributed by atoms with Crippen molar-refractivity contribution >= 4 is 65.6 Å². The third kappa shape index (κ3) is 5.62. The van der Waals surface area contributed by atoms with E-state index in [1.165, 1.54) is 0 Å². The molecule has 0 N–H and O–H groups in total. The van der Waals surface area contributed by atoms with Crippen LogP contribution in [0.2, 0.25) is 0 Å². The maximum absolute atomic E-state index is 6.52. The largest absolute Gasteiger partial charge is 0.455 e. The van der Waals surface area contributed by atoms with Gasteiger partial charge in [-0.15, -0.1) is 0 Å². The minimum atomic E-state index is 0.525. The third-order valence-corrected chi connectivity index (χ3v) is 12.4. The molecule has 0 atom stereocenters. The van der Waals surface area contributed by atoms with Crippen molar-refractivity contribution in [2.45, 2.75) is 0 Å². The van der Waals surface area contributed by atoms with E-state index in [4.69, 9.17) is 19.4 Å². The molecular formula is C57H35N5O. The lowest BCUT2D eigenvalue weighted by Gasteiger charge is -2.14. The Morgan fingerprint density at radius 2 is 0.778 bits per heavy atom. The molecule has 0 bridgehead atoms. The molecule has 0 aliphatic rings. The topological polar surface area (TPSA) is 61.7 Å². The second-order valence-electron chi connectivity index (χ2n) is 16.0. The quantitative estimate of drug-likeness (QED) is 0.168. The Morgan fingerprint density at radius 3 is 1.41 bits per heavy atom. The number of aromatic nitrogens is 5. The van der Waals surface area contributed by atoms with Gasteiger partial charge in [-0.3, -0.25) is 9.13 Å². The van der Waals surface area contributed by atoms with Crippen molar-refractivity contribution in [2.24, 2.45) is 0 Å². The van der Waals surface area contributed by atoms with Crippen LogP contribution < -0.4 is 0 Å². The second-order valence-corrected chi connectivity index (χ2v) is 16.0. The Morgan fingerprint density at radius 1 is 0.302 bits per heavy atom. The van der Waals surface area contributed by atoms with Gasteiger partial charge in [0.15, 0.2) is 5.82 Å². The van der Waals surface area contributed by atoms with Crippen LogP contribution in [0, 0.1) is 0 Å². The lowest BCUT2D eigenvalue weighted by Crippen LogP contribution is -2.10. The van der Waals surface area contributed by atoms with Crippen LogP contribution in [0.25, 0.3) is 122 Å². The van der Waals surface area contributed by atoms with E-state index < -0.39 is 0 Å². The van der Waals surface area contributed by atoms with Gasteiger partial charge >= 0.3 is 0 Å². The average molecular weight is 806 g/mol. The standard InChI is InChI=1S/C57H35N5O/c1-3-15-36(16-4-1)38-29-31-45-46-32-30-39(37-17-5-2-6-18-37)35-52(46)62(51(45)34-38)57-59-55(58-56(60-57)61-49-26-10-7-21-43(49)44-22-8-11-27-50(44)61)41-20-13-19-40(33-41)42-24-14-25-48-47-23-9-12-28-53(47)63-54(42)48/h1-35H. The minimum absolute atomic E-state index is 0.525. The Balaban J connectivity index is 1.10. The van der Waals surface area contributed by atoms with Crippen molar-refractivity contribution in [1.82, 2.24) is 24.1 Å². The molecule has 13 rings (SSSR count). The number of rotatable bonds is 6. The van der Waals surface area contributed by atoms with Gasteiger partial charge in [-0.25, -0.2) is 0 Å². The van der Waals surface area contributed by atoms with Crippen molar-refractivity contribution in [2.75, 3.05) is 0 Å². The number of furan rings is 1. The Kier molecular flexibility index (Phi) is 7.80. The zero-order chi connectivity index (χ0) is 41.4. The molecule has 0 aliphatic carbocycles. The highest BCUT2D eigenvalue weighted by molar-refractivity contribution is 6.12. The van der Waals surface area contributed by atoms with Gasteiger partial charge in [0.2, 0.25) is 11.9 Å². The Hall–Kier alpha value is -8.61. The molecule has 6 nitrogen and oxygen atoms in total. The van der Waals surface area contributed by atoms with Crippen LogP contribution >= 0.6 is 0 Å². The summed E-state index contributed by atoms with van der Waals surface area (Å²) in [6.07, 6.45) is 0. The molecule has 63 heavy (non-hydrogen) atoms. The molecule has 9 aromatic carbocycles. The maximum Gasteiger partial charge on any atom is 0.240 e. The molecule has 0 amide bonds. The number of hydrogen-bond donors (Lipinski definition) is 0. The first kappa shape index (κ1) is 35.2. The van der Waals surface area contributed by atoms with Gasteiger partial charge in [0.1, 0.15) is 11.2 Å². The predicted molar refractivity (Wildman–Crippen MR) is 258 cm³/mol. The van der Waals surface area contributed by atoms with E-state index in [0.717, 1.165) is 104 Å². The smallest absolute Gasteiger partial charge is 0.240 e. The van der Waals surface area contributed by atoms with Gasteiger partial charge in [-0.05, 0) is 64.2 Å². The number of fused-ring (bicyclic) bond motifs is 9. The lowest BCUT2D eigenvalue weighted by molar-refractivity contribution is 0.670. The van der Waals surface area contributed by atoms with E-state index in [1.54, 1.807) is 0 Å². The Bertz CT molecular complexity index is 3770. The number of nitrogens with zero attached hydrogens (tertiary/aromatic N) is 5. The van der Waals surface area contributed by atoms with Crippen molar-refractivity contribution in [3.63, 3.8) is 0 Å². The summed E-state index contributed by atoms with van der Waals surface area (Å²) >= 11 is 0. The van der Waals surface area contributed by atoms with Crippen LogP contribution in [0.4, 0.5) is 0 Å². The lowest BCUT2D eigenvalue weighted by atomic mass is 10.0. The fraction of sp³-hybridized carbons (Fsp3) is 0. The van der Waals surface area contributed by atoms with E-state index in [2.05, 4.69) is 209 Å². The summed E-state index contributed by atoms with van der Waals surface area (Å²) in [7, 11) is 0. The van der Waals surface area contributed by atoms with Gasteiger partial charge in [-0.1, -0.05) is 176 Å². The first-order valence-corrected chi connectivity index (χ1v) is 21.2. The fourth-order valence-corrected chi connectivity index (χ4v) is 9.48. The number of benzene rings is 9. The van der Waals surface area contributed by atoms with Crippen LogP contribution in [-0.4, -0.2) is 24.1 Å². The summed E-state index contributed by atoms with van der Waals surface area (Å²) in [6.45, 7) is 0. The SMILES string of the molecule is c1ccc(-c2ccc3c4ccc(-c5ccccc5)cc4n(-c4nc(-c5cccc(-c6cccc7c6oc6ccccc67)c5)nc(-n5c6ccccc6c6ccccc65)n4)c3c2)cc1. The van der Waals surface area contributed by atoms with Crippen molar-refractivity contribution in [3.05, 3.63) is 212 Å². The molecule has 0 unspecified atom stereocenters. The number of hydrogen-bond acceptors (Lipinski definition) is 4. The molecule has 0 saturated heterocycles. The molecule has 0 aliphatic heterocycles. The summed E-state index contributed by atoms with van der Waals surface area (Å²) in [4.78, 5) is 16.3. The van der Waals surface area contributed by atoms with E-state index in [1.807, 2.05) is 12.1 Å². The van der Waals surface area contributed by atoms with Crippen molar-refractivity contribution in [1.29, 1.82) is 0 Å². The second kappa shape index (κ2) is 14.0. The van der Waals surface area contributed by atoms with Gasteiger partial charge in [0.25, 0.3) is 0 Å². The zero-order valence-electron chi connectivity index (χ0n) is 33.9. The summed E-state index contributed by atoms with van der Waals surface area (Å²) < 4.78 is 10.9. The van der Waals surface area contributed by atoms with Gasteiger partial charge in [-0.2, -0.15) is 15.0 Å². The predicted octanol–water partition coefficient (Wildman–Crippen LogP) is 14.6.